The molecule has 2 heterocycles. The van der Waals surface area contributed by atoms with Crippen LogP contribution in [-0.2, 0) is 28.9 Å². The van der Waals surface area contributed by atoms with Crippen molar-refractivity contribution >= 4 is 28.6 Å². The molecule has 156 valence electrons. The molecule has 4 rings (SSSR count). The lowest BCUT2D eigenvalue weighted by atomic mass is 10.0. The third-order valence-electron chi connectivity index (χ3n) is 5.23. The zero-order chi connectivity index (χ0) is 21.3. The molecule has 0 bridgehead atoms. The minimum absolute atomic E-state index is 0.0396. The van der Waals surface area contributed by atoms with Gasteiger partial charge in [-0.3, -0.25) is 10.1 Å². The minimum Gasteiger partial charge on any atom is -0.444 e. The first-order valence-electron chi connectivity index (χ1n) is 10.2. The predicted octanol–water partition coefficient (Wildman–Crippen LogP) is 4.64. The first-order chi connectivity index (χ1) is 14.3. The molecule has 3 aromatic rings. The quantitative estimate of drug-likeness (QED) is 0.666. The van der Waals surface area contributed by atoms with E-state index in [1.807, 2.05) is 56.0 Å². The fourth-order valence-corrected chi connectivity index (χ4v) is 3.89. The standard InChI is InChI=1S/C24H27N3O3/c1-24(2,3)30-23(29)26-19-10-6-4-8-16(19)14-22(28)27-13-12-18-17-9-5-7-11-20(17)25-21(18)15-27/h4-11,25H,12-15H2,1-3H3,(H,26,29). The van der Waals surface area contributed by atoms with Gasteiger partial charge in [-0.2, -0.15) is 0 Å². The van der Waals surface area contributed by atoms with Gasteiger partial charge in [-0.25, -0.2) is 4.79 Å². The first kappa shape index (κ1) is 20.0. The van der Waals surface area contributed by atoms with Gasteiger partial charge in [0.05, 0.1) is 13.0 Å². The summed E-state index contributed by atoms with van der Waals surface area (Å²) in [4.78, 5) is 30.5. The molecule has 30 heavy (non-hydrogen) atoms. The number of carbonyl (C=O) groups is 2. The summed E-state index contributed by atoms with van der Waals surface area (Å²) in [6.07, 6.45) is 0.535. The first-order valence-corrected chi connectivity index (χ1v) is 10.2. The summed E-state index contributed by atoms with van der Waals surface area (Å²) in [6, 6.07) is 15.6. The van der Waals surface area contributed by atoms with Crippen LogP contribution in [0, 0.1) is 0 Å². The van der Waals surface area contributed by atoms with Gasteiger partial charge in [0.15, 0.2) is 0 Å². The van der Waals surface area contributed by atoms with Crippen molar-refractivity contribution in [2.45, 2.75) is 45.8 Å². The highest BCUT2D eigenvalue weighted by molar-refractivity contribution is 5.89. The van der Waals surface area contributed by atoms with Gasteiger partial charge < -0.3 is 14.6 Å². The van der Waals surface area contributed by atoms with Gasteiger partial charge in [-0.15, -0.1) is 0 Å². The van der Waals surface area contributed by atoms with Crippen molar-refractivity contribution in [2.75, 3.05) is 11.9 Å². The van der Waals surface area contributed by atoms with Crippen LogP contribution in [0.15, 0.2) is 48.5 Å². The average Bonchev–Trinajstić information content (AvgIpc) is 3.05. The van der Waals surface area contributed by atoms with E-state index in [2.05, 4.69) is 22.4 Å². The van der Waals surface area contributed by atoms with E-state index >= 15 is 0 Å². The van der Waals surface area contributed by atoms with Crippen LogP contribution in [-0.4, -0.2) is 34.0 Å². The minimum atomic E-state index is -0.583. The van der Waals surface area contributed by atoms with E-state index in [0.717, 1.165) is 23.2 Å². The van der Waals surface area contributed by atoms with Crippen molar-refractivity contribution in [2.24, 2.45) is 0 Å². The van der Waals surface area contributed by atoms with Crippen LogP contribution < -0.4 is 5.32 Å². The Bertz CT molecular complexity index is 1090. The second-order valence-electron chi connectivity index (χ2n) is 8.65. The second-order valence-corrected chi connectivity index (χ2v) is 8.65. The Morgan fingerprint density at radius 3 is 2.63 bits per heavy atom. The molecule has 6 nitrogen and oxygen atoms in total. The molecule has 1 aromatic heterocycles. The molecule has 0 spiro atoms. The Balaban J connectivity index is 1.46. The van der Waals surface area contributed by atoms with Crippen molar-refractivity contribution in [3.05, 3.63) is 65.4 Å². The van der Waals surface area contributed by atoms with Crippen molar-refractivity contribution < 1.29 is 14.3 Å². The van der Waals surface area contributed by atoms with E-state index in [1.54, 1.807) is 6.07 Å². The van der Waals surface area contributed by atoms with Crippen molar-refractivity contribution in [1.82, 2.24) is 9.88 Å². The van der Waals surface area contributed by atoms with Gasteiger partial charge in [-0.05, 0) is 50.5 Å². The molecule has 0 aliphatic carbocycles. The van der Waals surface area contributed by atoms with E-state index < -0.39 is 11.7 Å². The van der Waals surface area contributed by atoms with Gasteiger partial charge in [0.2, 0.25) is 5.91 Å². The van der Waals surface area contributed by atoms with Crippen LogP contribution in [0.2, 0.25) is 0 Å². The smallest absolute Gasteiger partial charge is 0.412 e. The number of anilines is 1. The zero-order valence-electron chi connectivity index (χ0n) is 17.6. The molecule has 0 unspecified atom stereocenters. The van der Waals surface area contributed by atoms with E-state index in [1.165, 1.54) is 10.9 Å². The highest BCUT2D eigenvalue weighted by atomic mass is 16.6. The molecule has 2 aromatic carbocycles. The summed E-state index contributed by atoms with van der Waals surface area (Å²) in [5.41, 5.74) is 4.32. The number of benzene rings is 2. The Kier molecular flexibility index (Phi) is 5.24. The van der Waals surface area contributed by atoms with E-state index in [9.17, 15) is 9.59 Å². The molecule has 0 saturated heterocycles. The number of para-hydroxylation sites is 2. The SMILES string of the molecule is CC(C)(C)OC(=O)Nc1ccccc1CC(=O)N1CCc2c([nH]c3ccccc23)C1. The Labute approximate surface area is 176 Å². The van der Waals surface area contributed by atoms with Gasteiger partial charge >= 0.3 is 6.09 Å². The van der Waals surface area contributed by atoms with Crippen LogP contribution in [0.5, 0.6) is 0 Å². The zero-order valence-corrected chi connectivity index (χ0v) is 17.6. The molecular weight excluding hydrogens is 378 g/mol. The molecule has 0 radical (unpaired) electrons. The van der Waals surface area contributed by atoms with Crippen LogP contribution >= 0.6 is 0 Å². The number of amides is 2. The predicted molar refractivity (Wildman–Crippen MR) is 117 cm³/mol. The maximum Gasteiger partial charge on any atom is 0.412 e. The molecule has 2 N–H and O–H groups in total. The van der Waals surface area contributed by atoms with Crippen LogP contribution in [0.25, 0.3) is 10.9 Å². The van der Waals surface area contributed by atoms with Gasteiger partial charge in [0, 0.05) is 28.8 Å². The fourth-order valence-electron chi connectivity index (χ4n) is 3.89. The molecule has 0 atom stereocenters. The highest BCUT2D eigenvalue weighted by Crippen LogP contribution is 2.28. The van der Waals surface area contributed by atoms with Gasteiger partial charge in [0.25, 0.3) is 0 Å². The molecular formula is C24H27N3O3. The molecule has 2 amide bonds. The van der Waals surface area contributed by atoms with Crippen LogP contribution in [0.1, 0.15) is 37.6 Å². The molecule has 0 fully saturated rings. The number of ether oxygens (including phenoxy) is 1. The van der Waals surface area contributed by atoms with Crippen LogP contribution in [0.4, 0.5) is 10.5 Å². The number of carbonyl (C=O) groups excluding carboxylic acids is 2. The number of nitrogens with zero attached hydrogens (tertiary/aromatic N) is 1. The molecule has 1 aliphatic heterocycles. The number of H-pyrrole nitrogens is 1. The van der Waals surface area contributed by atoms with Crippen molar-refractivity contribution in [1.29, 1.82) is 0 Å². The number of nitrogens with one attached hydrogen (secondary N) is 2. The largest absolute Gasteiger partial charge is 0.444 e. The van der Waals surface area contributed by atoms with E-state index in [-0.39, 0.29) is 12.3 Å². The van der Waals surface area contributed by atoms with E-state index in [0.29, 0.717) is 18.8 Å². The monoisotopic (exact) mass is 405 g/mol. The molecule has 0 saturated carbocycles. The highest BCUT2D eigenvalue weighted by Gasteiger charge is 2.25. The number of hydrogen-bond donors (Lipinski definition) is 2. The average molecular weight is 405 g/mol. The number of hydrogen-bond acceptors (Lipinski definition) is 3. The normalized spacial score (nSPS) is 13.8. The third-order valence-corrected chi connectivity index (χ3v) is 5.23. The van der Waals surface area contributed by atoms with Gasteiger partial charge in [0.1, 0.15) is 5.60 Å². The summed E-state index contributed by atoms with van der Waals surface area (Å²) in [5.74, 6) is 0.0396. The number of rotatable bonds is 3. The summed E-state index contributed by atoms with van der Waals surface area (Å²) in [5, 5.41) is 4.01. The molecule has 6 heteroatoms. The lowest BCUT2D eigenvalue weighted by Gasteiger charge is -2.27. The Morgan fingerprint density at radius 2 is 1.83 bits per heavy atom. The number of aromatic amines is 1. The topological polar surface area (TPSA) is 74.4 Å². The van der Waals surface area contributed by atoms with Crippen molar-refractivity contribution in [3.63, 3.8) is 0 Å². The third kappa shape index (κ3) is 4.32. The Hall–Kier alpha value is -3.28. The van der Waals surface area contributed by atoms with Crippen LogP contribution in [0.3, 0.4) is 0 Å². The van der Waals surface area contributed by atoms with E-state index in [4.69, 9.17) is 4.74 Å². The van der Waals surface area contributed by atoms with Crippen molar-refractivity contribution in [3.8, 4) is 0 Å². The number of fused-ring (bicyclic) bond motifs is 3. The molecule has 1 aliphatic rings. The summed E-state index contributed by atoms with van der Waals surface area (Å²) in [7, 11) is 0. The summed E-state index contributed by atoms with van der Waals surface area (Å²) >= 11 is 0. The number of aromatic nitrogens is 1. The second kappa shape index (κ2) is 7.86. The summed E-state index contributed by atoms with van der Waals surface area (Å²) in [6.45, 7) is 6.71. The fraction of sp³-hybridized carbons (Fsp3) is 0.333. The van der Waals surface area contributed by atoms with Gasteiger partial charge in [-0.1, -0.05) is 36.4 Å². The summed E-state index contributed by atoms with van der Waals surface area (Å²) < 4.78 is 5.34. The lowest BCUT2D eigenvalue weighted by molar-refractivity contribution is -0.131. The maximum atomic E-state index is 13.0. The Morgan fingerprint density at radius 1 is 1.10 bits per heavy atom. The maximum absolute atomic E-state index is 13.0. The lowest BCUT2D eigenvalue weighted by Crippen LogP contribution is -2.37.